The van der Waals surface area contributed by atoms with Gasteiger partial charge in [-0.1, -0.05) is 13.8 Å². The molecule has 0 aromatic heterocycles. The molecule has 1 amide bonds. The van der Waals surface area contributed by atoms with E-state index in [4.69, 9.17) is 0 Å². The summed E-state index contributed by atoms with van der Waals surface area (Å²) in [5.41, 5.74) is 0.373. The van der Waals surface area contributed by atoms with Gasteiger partial charge >= 0.3 is 0 Å². The van der Waals surface area contributed by atoms with Crippen LogP contribution in [0.2, 0.25) is 0 Å². The molecule has 1 atom stereocenters. The lowest BCUT2D eigenvalue weighted by Gasteiger charge is -2.20. The zero-order valence-electron chi connectivity index (χ0n) is 14.9. The molecule has 0 aliphatic rings. The highest BCUT2D eigenvalue weighted by molar-refractivity contribution is 7.84. The fourth-order valence-corrected chi connectivity index (χ4v) is 3.48. The second-order valence-electron chi connectivity index (χ2n) is 5.70. The fraction of sp³-hybridized carbons (Fsp3) is 0.588. The number of rotatable bonds is 12. The van der Waals surface area contributed by atoms with Crippen LogP contribution in [0.3, 0.4) is 0 Å². The van der Waals surface area contributed by atoms with Crippen LogP contribution in [-0.2, 0) is 10.8 Å². The molecule has 1 N–H and O–H groups in total. The number of hydrogen-bond donors (Lipinski definition) is 1. The van der Waals surface area contributed by atoms with Crippen molar-refractivity contribution < 1.29 is 13.9 Å². The third-order valence-corrected chi connectivity index (χ3v) is 5.39. The summed E-state index contributed by atoms with van der Waals surface area (Å²) in [6.45, 7) is 7.04. The van der Waals surface area contributed by atoms with Crippen molar-refractivity contribution in [3.05, 3.63) is 39.9 Å². The first-order valence-electron chi connectivity index (χ1n) is 8.57. The predicted octanol–water partition coefficient (Wildman–Crippen LogP) is 2.20. The Hall–Kier alpha value is -1.80. The molecular weight excluding hydrogens is 342 g/mol. The minimum atomic E-state index is -0.726. The molecule has 0 spiro atoms. The normalized spacial score (nSPS) is 12.1. The zero-order valence-corrected chi connectivity index (χ0v) is 15.7. The van der Waals surface area contributed by atoms with E-state index in [9.17, 15) is 19.1 Å². The monoisotopic (exact) mass is 369 g/mol. The van der Waals surface area contributed by atoms with Gasteiger partial charge in [0.05, 0.1) is 4.92 Å². The van der Waals surface area contributed by atoms with E-state index in [1.54, 1.807) is 0 Å². The van der Waals surface area contributed by atoms with E-state index in [1.165, 1.54) is 24.3 Å². The molecule has 0 aliphatic heterocycles. The van der Waals surface area contributed by atoms with Gasteiger partial charge in [0, 0.05) is 53.1 Å². The van der Waals surface area contributed by atoms with Crippen molar-refractivity contribution in [2.45, 2.75) is 26.7 Å². The standard InChI is InChI=1S/C17H27N3O4S/c1-3-13-25(24)14-5-11-19(4-2)12-10-18-17(21)15-6-8-16(9-7-15)20(22)23/h6-9H,3-5,10-14H2,1-2H3,(H,18,21). The van der Waals surface area contributed by atoms with Gasteiger partial charge in [-0.05, 0) is 38.1 Å². The lowest BCUT2D eigenvalue weighted by Crippen LogP contribution is -2.35. The van der Waals surface area contributed by atoms with Crippen LogP contribution in [0, 0.1) is 10.1 Å². The highest BCUT2D eigenvalue weighted by Gasteiger charge is 2.10. The molecule has 0 radical (unpaired) electrons. The van der Waals surface area contributed by atoms with E-state index in [2.05, 4.69) is 17.1 Å². The van der Waals surface area contributed by atoms with Gasteiger partial charge in [0.15, 0.2) is 0 Å². The Morgan fingerprint density at radius 3 is 2.44 bits per heavy atom. The minimum Gasteiger partial charge on any atom is -0.351 e. The Kier molecular flexibility index (Phi) is 9.94. The Balaban J connectivity index is 2.32. The lowest BCUT2D eigenvalue weighted by molar-refractivity contribution is -0.384. The molecule has 140 valence electrons. The minimum absolute atomic E-state index is 0.0332. The summed E-state index contributed by atoms with van der Waals surface area (Å²) >= 11 is 0. The second kappa shape index (κ2) is 11.7. The van der Waals surface area contributed by atoms with Gasteiger partial charge in [-0.25, -0.2) is 0 Å². The van der Waals surface area contributed by atoms with Crippen molar-refractivity contribution in [1.29, 1.82) is 0 Å². The van der Waals surface area contributed by atoms with Crippen LogP contribution in [0.15, 0.2) is 24.3 Å². The number of carbonyl (C=O) groups is 1. The molecule has 1 unspecified atom stereocenters. The molecule has 8 heteroatoms. The van der Waals surface area contributed by atoms with E-state index >= 15 is 0 Å². The fourth-order valence-electron chi connectivity index (χ4n) is 2.37. The van der Waals surface area contributed by atoms with E-state index in [0.29, 0.717) is 12.1 Å². The number of non-ortho nitro benzene ring substituents is 1. The number of likely N-dealkylation sites (N-methyl/N-ethyl adjacent to an activating group) is 1. The topological polar surface area (TPSA) is 92.6 Å². The highest BCUT2D eigenvalue weighted by Crippen LogP contribution is 2.11. The number of nitro groups is 1. The van der Waals surface area contributed by atoms with Crippen LogP contribution in [-0.4, -0.2) is 57.6 Å². The van der Waals surface area contributed by atoms with Gasteiger partial charge in [0.2, 0.25) is 0 Å². The Morgan fingerprint density at radius 1 is 1.20 bits per heavy atom. The van der Waals surface area contributed by atoms with Gasteiger partial charge in [-0.15, -0.1) is 0 Å². The first-order valence-corrected chi connectivity index (χ1v) is 10.1. The van der Waals surface area contributed by atoms with Crippen molar-refractivity contribution in [2.24, 2.45) is 0 Å². The number of nitrogens with zero attached hydrogens (tertiary/aromatic N) is 2. The summed E-state index contributed by atoms with van der Waals surface area (Å²) in [5.74, 6) is 1.24. The average Bonchev–Trinajstić information content (AvgIpc) is 2.60. The maximum Gasteiger partial charge on any atom is 0.269 e. The molecule has 0 saturated carbocycles. The van der Waals surface area contributed by atoms with Crippen LogP contribution < -0.4 is 5.32 Å². The first-order chi connectivity index (χ1) is 12.0. The number of nitrogens with one attached hydrogen (secondary N) is 1. The lowest BCUT2D eigenvalue weighted by atomic mass is 10.2. The smallest absolute Gasteiger partial charge is 0.269 e. The van der Waals surface area contributed by atoms with Crippen molar-refractivity contribution in [1.82, 2.24) is 10.2 Å². The van der Waals surface area contributed by atoms with Crippen LogP contribution in [0.4, 0.5) is 5.69 Å². The van der Waals surface area contributed by atoms with Crippen LogP contribution in [0.1, 0.15) is 37.0 Å². The summed E-state index contributed by atoms with van der Waals surface area (Å²) < 4.78 is 11.6. The molecular formula is C17H27N3O4S. The molecule has 25 heavy (non-hydrogen) atoms. The molecule has 1 rings (SSSR count). The zero-order chi connectivity index (χ0) is 18.7. The predicted molar refractivity (Wildman–Crippen MR) is 100 cm³/mol. The summed E-state index contributed by atoms with van der Waals surface area (Å²) in [4.78, 5) is 24.4. The van der Waals surface area contributed by atoms with Gasteiger partial charge < -0.3 is 10.2 Å². The molecule has 0 saturated heterocycles. The number of amides is 1. The molecule has 1 aromatic carbocycles. The Morgan fingerprint density at radius 2 is 1.88 bits per heavy atom. The molecule has 0 aliphatic carbocycles. The van der Waals surface area contributed by atoms with Crippen LogP contribution in [0.5, 0.6) is 0 Å². The molecule has 7 nitrogen and oxygen atoms in total. The second-order valence-corrected chi connectivity index (χ2v) is 7.39. The van der Waals surface area contributed by atoms with Gasteiger partial charge in [-0.3, -0.25) is 19.1 Å². The number of hydrogen-bond acceptors (Lipinski definition) is 5. The quantitative estimate of drug-likeness (QED) is 0.450. The maximum absolute atomic E-state index is 12.0. The molecule has 0 heterocycles. The van der Waals surface area contributed by atoms with Crippen molar-refractivity contribution in [3.63, 3.8) is 0 Å². The van der Waals surface area contributed by atoms with Gasteiger partial charge in [0.1, 0.15) is 0 Å². The number of nitro benzene ring substituents is 1. The number of carbonyl (C=O) groups excluding carboxylic acids is 1. The first kappa shape index (κ1) is 21.2. The van der Waals surface area contributed by atoms with E-state index in [-0.39, 0.29) is 11.6 Å². The van der Waals surface area contributed by atoms with Crippen LogP contribution >= 0.6 is 0 Å². The summed E-state index contributed by atoms with van der Waals surface area (Å²) in [7, 11) is -0.726. The molecule has 0 fully saturated rings. The van der Waals surface area contributed by atoms with Gasteiger partial charge in [-0.2, -0.15) is 0 Å². The number of benzene rings is 1. The van der Waals surface area contributed by atoms with Gasteiger partial charge in [0.25, 0.3) is 11.6 Å². The maximum atomic E-state index is 12.0. The SMILES string of the molecule is CCCS(=O)CCCN(CC)CCNC(=O)c1ccc([N+](=O)[O-])cc1. The Bertz CT molecular complexity index is 578. The summed E-state index contributed by atoms with van der Waals surface area (Å²) in [5, 5.41) is 13.4. The highest BCUT2D eigenvalue weighted by atomic mass is 32.2. The van der Waals surface area contributed by atoms with Crippen molar-refractivity contribution in [2.75, 3.05) is 37.7 Å². The van der Waals surface area contributed by atoms with Crippen LogP contribution in [0.25, 0.3) is 0 Å². The summed E-state index contributed by atoms with van der Waals surface area (Å²) in [6.07, 6.45) is 1.83. The van der Waals surface area contributed by atoms with Crippen molar-refractivity contribution >= 4 is 22.4 Å². The molecule has 0 bridgehead atoms. The Labute approximate surface area is 151 Å². The van der Waals surface area contributed by atoms with E-state index < -0.39 is 15.7 Å². The average molecular weight is 369 g/mol. The largest absolute Gasteiger partial charge is 0.351 e. The van der Waals surface area contributed by atoms with E-state index in [1.807, 2.05) is 6.92 Å². The van der Waals surface area contributed by atoms with Crippen molar-refractivity contribution in [3.8, 4) is 0 Å². The summed E-state index contributed by atoms with van der Waals surface area (Å²) in [6, 6.07) is 5.55. The third-order valence-electron chi connectivity index (χ3n) is 3.78. The van der Waals surface area contributed by atoms with E-state index in [0.717, 1.165) is 44.0 Å². The third kappa shape index (κ3) is 8.22. The molecule has 1 aromatic rings.